The molecule has 3 aromatic rings. The molecule has 2 heterocycles. The highest BCUT2D eigenvalue weighted by Crippen LogP contribution is 2.30. The van der Waals surface area contributed by atoms with Crippen LogP contribution in [0.15, 0.2) is 39.5 Å². The third-order valence-electron chi connectivity index (χ3n) is 5.40. The number of amides is 1. The predicted molar refractivity (Wildman–Crippen MR) is 112 cm³/mol. The Morgan fingerprint density at radius 1 is 1.14 bits per heavy atom. The van der Waals surface area contributed by atoms with Crippen LogP contribution in [0.2, 0.25) is 0 Å². The summed E-state index contributed by atoms with van der Waals surface area (Å²) in [6.07, 6.45) is 0.963. The van der Waals surface area contributed by atoms with E-state index in [9.17, 15) is 14.0 Å². The largest absolute Gasteiger partial charge is 0.423 e. The van der Waals surface area contributed by atoms with E-state index in [0.29, 0.717) is 35.7 Å². The van der Waals surface area contributed by atoms with E-state index in [4.69, 9.17) is 4.42 Å². The van der Waals surface area contributed by atoms with E-state index in [1.165, 1.54) is 17.7 Å². The molecule has 0 spiro atoms. The van der Waals surface area contributed by atoms with Crippen LogP contribution in [-0.2, 0) is 17.8 Å². The molecule has 1 aliphatic rings. The molecule has 2 N–H and O–H groups in total. The van der Waals surface area contributed by atoms with Gasteiger partial charge in [0.1, 0.15) is 11.4 Å². The van der Waals surface area contributed by atoms with Crippen molar-refractivity contribution in [2.45, 2.75) is 46.1 Å². The molecule has 0 radical (unpaired) electrons. The van der Waals surface area contributed by atoms with Gasteiger partial charge in [-0.2, -0.15) is 0 Å². The van der Waals surface area contributed by atoms with Crippen LogP contribution >= 0.6 is 0 Å². The molecule has 1 amide bonds. The number of aryl methyl sites for hydroxylation is 2. The SMILES string of the molecule is Cc1cc2oc(=O)cc(CNc3cc4c(cc3F)NC(=O)CC4)c2cc1C(C)C. The molecule has 2 aromatic carbocycles. The Bertz CT molecular complexity index is 1180. The maximum absolute atomic E-state index is 14.5. The standard InChI is InChI=1S/C23H23FN2O3/c1-12(2)16-9-17-15(8-23(28)29-21(17)6-13(16)3)11-25-20-7-14-4-5-22(27)26-19(14)10-18(20)24/h6-10,12,25H,4-5,11H2,1-3H3,(H,26,27). The molecule has 29 heavy (non-hydrogen) atoms. The lowest BCUT2D eigenvalue weighted by molar-refractivity contribution is -0.116. The Labute approximate surface area is 167 Å². The zero-order valence-electron chi connectivity index (χ0n) is 16.7. The molecule has 1 aromatic heterocycles. The molecule has 0 atom stereocenters. The summed E-state index contributed by atoms with van der Waals surface area (Å²) in [5.74, 6) is -0.214. The topological polar surface area (TPSA) is 71.3 Å². The average molecular weight is 394 g/mol. The second kappa shape index (κ2) is 7.35. The number of carbonyl (C=O) groups excluding carboxylic acids is 1. The quantitative estimate of drug-likeness (QED) is 0.620. The Morgan fingerprint density at radius 2 is 1.93 bits per heavy atom. The second-order valence-electron chi connectivity index (χ2n) is 7.84. The van der Waals surface area contributed by atoms with Gasteiger partial charge in [-0.3, -0.25) is 4.79 Å². The van der Waals surface area contributed by atoms with Crippen molar-refractivity contribution in [3.8, 4) is 0 Å². The van der Waals surface area contributed by atoms with E-state index in [0.717, 1.165) is 22.1 Å². The summed E-state index contributed by atoms with van der Waals surface area (Å²) in [4.78, 5) is 23.5. The van der Waals surface area contributed by atoms with Gasteiger partial charge < -0.3 is 15.1 Å². The first-order chi connectivity index (χ1) is 13.8. The van der Waals surface area contributed by atoms with Gasteiger partial charge in [0.2, 0.25) is 5.91 Å². The fraction of sp³-hybridized carbons (Fsp3) is 0.304. The molecular weight excluding hydrogens is 371 g/mol. The van der Waals surface area contributed by atoms with Gasteiger partial charge in [0, 0.05) is 30.1 Å². The van der Waals surface area contributed by atoms with Gasteiger partial charge in [0.15, 0.2) is 0 Å². The second-order valence-corrected chi connectivity index (χ2v) is 7.84. The Balaban J connectivity index is 1.69. The summed E-state index contributed by atoms with van der Waals surface area (Å²) in [5.41, 5.74) is 4.87. The molecule has 5 nitrogen and oxygen atoms in total. The molecule has 1 aliphatic heterocycles. The van der Waals surface area contributed by atoms with Gasteiger partial charge >= 0.3 is 5.63 Å². The van der Waals surface area contributed by atoms with Crippen molar-refractivity contribution in [1.82, 2.24) is 0 Å². The van der Waals surface area contributed by atoms with Gasteiger partial charge in [0.25, 0.3) is 0 Å². The van der Waals surface area contributed by atoms with Crippen molar-refractivity contribution in [2.24, 2.45) is 0 Å². The van der Waals surface area contributed by atoms with Crippen LogP contribution in [0, 0.1) is 12.7 Å². The number of halogens is 1. The van der Waals surface area contributed by atoms with E-state index < -0.39 is 11.4 Å². The fourth-order valence-electron chi connectivity index (χ4n) is 3.89. The minimum Gasteiger partial charge on any atom is -0.423 e. The first-order valence-corrected chi connectivity index (χ1v) is 9.75. The number of hydrogen-bond donors (Lipinski definition) is 2. The highest BCUT2D eigenvalue weighted by atomic mass is 19.1. The monoisotopic (exact) mass is 394 g/mol. The van der Waals surface area contributed by atoms with Gasteiger partial charge in [-0.1, -0.05) is 13.8 Å². The Kier molecular flexibility index (Phi) is 4.86. The molecule has 0 aliphatic carbocycles. The summed E-state index contributed by atoms with van der Waals surface area (Å²) >= 11 is 0. The average Bonchev–Trinajstić information content (AvgIpc) is 2.65. The highest BCUT2D eigenvalue weighted by Gasteiger charge is 2.18. The number of carbonyl (C=O) groups is 1. The zero-order chi connectivity index (χ0) is 20.7. The van der Waals surface area contributed by atoms with Crippen LogP contribution in [0.5, 0.6) is 0 Å². The van der Waals surface area contributed by atoms with Crippen molar-refractivity contribution in [2.75, 3.05) is 10.6 Å². The number of nitrogens with one attached hydrogen (secondary N) is 2. The van der Waals surface area contributed by atoms with Crippen LogP contribution in [0.1, 0.15) is 48.4 Å². The Hall–Kier alpha value is -3.15. The summed E-state index contributed by atoms with van der Waals surface area (Å²) in [6.45, 7) is 6.52. The smallest absolute Gasteiger partial charge is 0.336 e. The normalized spacial score (nSPS) is 13.5. The zero-order valence-corrected chi connectivity index (χ0v) is 16.7. The van der Waals surface area contributed by atoms with Crippen molar-refractivity contribution >= 4 is 28.3 Å². The number of rotatable bonds is 4. The molecule has 6 heteroatoms. The summed E-state index contributed by atoms with van der Waals surface area (Å²) in [7, 11) is 0. The van der Waals surface area contributed by atoms with Gasteiger partial charge in [-0.25, -0.2) is 9.18 Å². The Morgan fingerprint density at radius 3 is 2.69 bits per heavy atom. The van der Waals surface area contributed by atoms with Crippen LogP contribution < -0.4 is 16.3 Å². The van der Waals surface area contributed by atoms with Crippen molar-refractivity contribution in [1.29, 1.82) is 0 Å². The minimum atomic E-state index is -0.447. The molecular formula is C23H23FN2O3. The van der Waals surface area contributed by atoms with Crippen LogP contribution in [-0.4, -0.2) is 5.91 Å². The third-order valence-corrected chi connectivity index (χ3v) is 5.40. The van der Waals surface area contributed by atoms with Crippen molar-refractivity contribution < 1.29 is 13.6 Å². The molecule has 0 saturated carbocycles. The van der Waals surface area contributed by atoms with E-state index in [2.05, 4.69) is 24.5 Å². The van der Waals surface area contributed by atoms with Crippen LogP contribution in [0.3, 0.4) is 0 Å². The highest BCUT2D eigenvalue weighted by molar-refractivity contribution is 5.94. The molecule has 4 rings (SSSR count). The fourth-order valence-corrected chi connectivity index (χ4v) is 3.89. The van der Waals surface area contributed by atoms with E-state index in [1.807, 2.05) is 19.1 Å². The van der Waals surface area contributed by atoms with E-state index in [-0.39, 0.29) is 12.5 Å². The van der Waals surface area contributed by atoms with Crippen LogP contribution in [0.25, 0.3) is 11.0 Å². The maximum Gasteiger partial charge on any atom is 0.336 e. The minimum absolute atomic E-state index is 0.101. The third kappa shape index (κ3) is 3.75. The van der Waals surface area contributed by atoms with E-state index >= 15 is 0 Å². The lowest BCUT2D eigenvalue weighted by Gasteiger charge is -2.19. The summed E-state index contributed by atoms with van der Waals surface area (Å²) < 4.78 is 19.9. The lowest BCUT2D eigenvalue weighted by atomic mass is 9.95. The molecule has 0 fully saturated rings. The molecule has 0 saturated heterocycles. The van der Waals surface area contributed by atoms with Crippen molar-refractivity contribution in [3.63, 3.8) is 0 Å². The molecule has 0 bridgehead atoms. The molecule has 150 valence electrons. The predicted octanol–water partition coefficient (Wildman–Crippen LogP) is 4.86. The van der Waals surface area contributed by atoms with E-state index in [1.54, 1.807) is 6.07 Å². The number of benzene rings is 2. The number of hydrogen-bond acceptors (Lipinski definition) is 4. The number of anilines is 2. The van der Waals surface area contributed by atoms with Crippen molar-refractivity contribution in [3.05, 3.63) is 68.8 Å². The molecule has 0 unspecified atom stereocenters. The first-order valence-electron chi connectivity index (χ1n) is 9.75. The maximum atomic E-state index is 14.5. The lowest BCUT2D eigenvalue weighted by Crippen LogP contribution is -2.19. The number of fused-ring (bicyclic) bond motifs is 2. The summed E-state index contributed by atoms with van der Waals surface area (Å²) in [5, 5.41) is 6.64. The summed E-state index contributed by atoms with van der Waals surface area (Å²) in [6, 6.07) is 8.45. The van der Waals surface area contributed by atoms with Crippen LogP contribution in [0.4, 0.5) is 15.8 Å². The van der Waals surface area contributed by atoms with Gasteiger partial charge in [-0.15, -0.1) is 0 Å². The first kappa shape index (κ1) is 19.2. The van der Waals surface area contributed by atoms with Gasteiger partial charge in [0.05, 0.1) is 5.69 Å². The van der Waals surface area contributed by atoms with Gasteiger partial charge in [-0.05, 0) is 65.8 Å².